The van der Waals surface area contributed by atoms with Crippen LogP contribution in [-0.2, 0) is 14.4 Å². The Hall–Kier alpha value is -2.58. The first-order valence-corrected chi connectivity index (χ1v) is 14.0. The standard InChI is InChI=1S/C29H37N3O4S/c1-18(2)20(17-33)32-24-27(36)31(28(3,4)5)16-10-14-29(24)23(26(32)35)22-21(37-29)13-9-15-30(25(22)34)19-11-7-6-8-12-19/h6-14,18,20-24,33H,15-17H2,1-5H3/t20-,21-,22+,23-,24?,29-/m0/s1. The van der Waals surface area contributed by atoms with E-state index in [1.165, 1.54) is 0 Å². The number of carbonyl (C=O) groups excluding carboxylic acids is 3. The van der Waals surface area contributed by atoms with Gasteiger partial charge in [-0.3, -0.25) is 14.4 Å². The first kappa shape index (κ1) is 26.0. The number of benzene rings is 1. The van der Waals surface area contributed by atoms with Crippen LogP contribution in [0.1, 0.15) is 34.6 Å². The molecule has 7 nitrogen and oxygen atoms in total. The fourth-order valence-electron chi connectivity index (χ4n) is 6.50. The van der Waals surface area contributed by atoms with E-state index in [0.717, 1.165) is 5.69 Å². The summed E-state index contributed by atoms with van der Waals surface area (Å²) < 4.78 is -0.883. The molecule has 4 aliphatic heterocycles. The van der Waals surface area contributed by atoms with Crippen LogP contribution in [0.2, 0.25) is 0 Å². The summed E-state index contributed by atoms with van der Waals surface area (Å²) >= 11 is 1.58. The van der Waals surface area contributed by atoms with Crippen molar-refractivity contribution in [1.29, 1.82) is 0 Å². The molecule has 1 spiro atoms. The first-order chi connectivity index (χ1) is 17.5. The average Bonchev–Trinajstić information content (AvgIpc) is 3.14. The second-order valence-corrected chi connectivity index (χ2v) is 13.3. The number of likely N-dealkylation sites (tertiary alicyclic amines) is 1. The third kappa shape index (κ3) is 3.95. The van der Waals surface area contributed by atoms with Gasteiger partial charge in [-0.1, -0.05) is 56.4 Å². The lowest BCUT2D eigenvalue weighted by Gasteiger charge is -2.43. The molecular formula is C29H37N3O4S. The largest absolute Gasteiger partial charge is 0.394 e. The molecule has 2 saturated heterocycles. The number of thioether (sulfide) groups is 1. The summed E-state index contributed by atoms with van der Waals surface area (Å²) in [7, 11) is 0. The minimum atomic E-state index is -0.883. The molecule has 1 unspecified atom stereocenters. The summed E-state index contributed by atoms with van der Waals surface area (Å²) in [6.45, 7) is 10.6. The Bertz CT molecular complexity index is 1140. The summed E-state index contributed by atoms with van der Waals surface area (Å²) in [6, 6.07) is 8.24. The lowest BCUT2D eigenvalue weighted by Crippen LogP contribution is -2.60. The smallest absolute Gasteiger partial charge is 0.247 e. The molecule has 0 aromatic heterocycles. The van der Waals surface area contributed by atoms with Crippen molar-refractivity contribution < 1.29 is 19.5 Å². The molecule has 6 atom stereocenters. The molecule has 37 heavy (non-hydrogen) atoms. The molecule has 1 aromatic rings. The van der Waals surface area contributed by atoms with Gasteiger partial charge < -0.3 is 19.8 Å². The molecule has 5 rings (SSSR count). The molecule has 198 valence electrons. The van der Waals surface area contributed by atoms with Gasteiger partial charge in [0, 0.05) is 29.6 Å². The van der Waals surface area contributed by atoms with E-state index < -0.39 is 34.2 Å². The SMILES string of the molecule is CC(C)[C@H](CO)N1C(=O)[C@@H]2[C@@H]3C(=O)N(c4ccccc4)CC=C[C@@H]3S[C@@]23C=CCN(C(C)(C)C)C(=O)C13. The number of aliphatic hydroxyl groups excluding tert-OH is 1. The van der Waals surface area contributed by atoms with Gasteiger partial charge in [0.25, 0.3) is 0 Å². The quantitative estimate of drug-likeness (QED) is 0.614. The van der Waals surface area contributed by atoms with Crippen molar-refractivity contribution in [2.75, 3.05) is 24.6 Å². The van der Waals surface area contributed by atoms with Gasteiger partial charge in [0.2, 0.25) is 17.7 Å². The number of aliphatic hydroxyl groups is 1. The Balaban J connectivity index is 1.65. The van der Waals surface area contributed by atoms with Crippen molar-refractivity contribution in [3.05, 3.63) is 54.6 Å². The lowest BCUT2D eigenvalue weighted by molar-refractivity contribution is -0.149. The monoisotopic (exact) mass is 523 g/mol. The van der Waals surface area contributed by atoms with Crippen LogP contribution in [0.3, 0.4) is 0 Å². The molecule has 0 aliphatic carbocycles. The highest BCUT2D eigenvalue weighted by molar-refractivity contribution is 8.02. The van der Waals surface area contributed by atoms with E-state index in [1.807, 2.05) is 88.1 Å². The Morgan fingerprint density at radius 1 is 1.03 bits per heavy atom. The molecule has 0 saturated carbocycles. The van der Waals surface area contributed by atoms with E-state index in [1.54, 1.807) is 21.6 Å². The summed E-state index contributed by atoms with van der Waals surface area (Å²) in [4.78, 5) is 48.2. The molecule has 1 aromatic carbocycles. The van der Waals surface area contributed by atoms with Crippen LogP contribution in [0, 0.1) is 17.8 Å². The highest BCUT2D eigenvalue weighted by Gasteiger charge is 2.72. The van der Waals surface area contributed by atoms with Gasteiger partial charge in [-0.05, 0) is 38.8 Å². The van der Waals surface area contributed by atoms with Crippen LogP contribution in [-0.4, -0.2) is 79.9 Å². The van der Waals surface area contributed by atoms with E-state index >= 15 is 0 Å². The number of fused-ring (bicyclic) bond motifs is 2. The van der Waals surface area contributed by atoms with Crippen LogP contribution in [0.15, 0.2) is 54.6 Å². The van der Waals surface area contributed by atoms with Gasteiger partial charge in [0.15, 0.2) is 0 Å². The number of amides is 3. The van der Waals surface area contributed by atoms with Crippen molar-refractivity contribution in [3.8, 4) is 0 Å². The molecule has 2 fully saturated rings. The van der Waals surface area contributed by atoms with Crippen LogP contribution in [0.25, 0.3) is 0 Å². The number of para-hydroxylation sites is 1. The molecule has 0 radical (unpaired) electrons. The molecule has 0 bridgehead atoms. The first-order valence-electron chi connectivity index (χ1n) is 13.2. The zero-order chi connectivity index (χ0) is 26.7. The van der Waals surface area contributed by atoms with E-state index in [9.17, 15) is 19.5 Å². The third-order valence-electron chi connectivity index (χ3n) is 8.29. The topological polar surface area (TPSA) is 81.2 Å². The van der Waals surface area contributed by atoms with Crippen molar-refractivity contribution in [1.82, 2.24) is 9.80 Å². The fraction of sp³-hybridized carbons (Fsp3) is 0.552. The van der Waals surface area contributed by atoms with E-state index in [-0.39, 0.29) is 35.5 Å². The Morgan fingerprint density at radius 3 is 2.35 bits per heavy atom. The number of carbonyl (C=O) groups is 3. The van der Waals surface area contributed by atoms with Crippen LogP contribution >= 0.6 is 11.8 Å². The van der Waals surface area contributed by atoms with Crippen LogP contribution in [0.4, 0.5) is 5.69 Å². The molecule has 1 N–H and O–H groups in total. The van der Waals surface area contributed by atoms with Crippen LogP contribution in [0.5, 0.6) is 0 Å². The lowest BCUT2D eigenvalue weighted by atomic mass is 9.78. The maximum atomic E-state index is 14.4. The predicted molar refractivity (Wildman–Crippen MR) is 146 cm³/mol. The molecule has 4 aliphatic rings. The molecule has 4 heterocycles. The van der Waals surface area contributed by atoms with Gasteiger partial charge in [0.1, 0.15) is 6.04 Å². The fourth-order valence-corrected chi connectivity index (χ4v) is 8.49. The zero-order valence-corrected chi connectivity index (χ0v) is 23.0. The maximum absolute atomic E-state index is 14.4. The number of rotatable bonds is 4. The number of nitrogens with zero attached hydrogens (tertiary/aromatic N) is 3. The summed E-state index contributed by atoms with van der Waals surface area (Å²) in [5, 5.41) is 10.2. The highest BCUT2D eigenvalue weighted by atomic mass is 32.2. The van der Waals surface area contributed by atoms with Gasteiger partial charge in [-0.2, -0.15) is 0 Å². The van der Waals surface area contributed by atoms with Crippen molar-refractivity contribution in [2.24, 2.45) is 17.8 Å². The number of anilines is 1. The van der Waals surface area contributed by atoms with Crippen molar-refractivity contribution in [2.45, 2.75) is 62.2 Å². The average molecular weight is 524 g/mol. The Kier molecular flexibility index (Phi) is 6.55. The second kappa shape index (κ2) is 9.31. The number of hydrogen-bond donors (Lipinski definition) is 1. The van der Waals surface area contributed by atoms with Crippen LogP contribution < -0.4 is 4.90 Å². The Morgan fingerprint density at radius 2 is 1.73 bits per heavy atom. The van der Waals surface area contributed by atoms with Crippen molar-refractivity contribution >= 4 is 35.2 Å². The molecular weight excluding hydrogens is 486 g/mol. The summed E-state index contributed by atoms with van der Waals surface area (Å²) in [6.07, 6.45) is 8.09. The maximum Gasteiger partial charge on any atom is 0.247 e. The zero-order valence-electron chi connectivity index (χ0n) is 22.2. The van der Waals surface area contributed by atoms with E-state index in [2.05, 4.69) is 6.08 Å². The summed E-state index contributed by atoms with van der Waals surface area (Å²) in [5.74, 6) is -1.77. The normalized spacial score (nSPS) is 32.4. The summed E-state index contributed by atoms with van der Waals surface area (Å²) in [5.41, 5.74) is 0.351. The molecule has 8 heteroatoms. The Labute approximate surface area is 223 Å². The second-order valence-electron chi connectivity index (χ2n) is 11.8. The van der Waals surface area contributed by atoms with E-state index in [4.69, 9.17) is 0 Å². The van der Waals surface area contributed by atoms with Gasteiger partial charge in [-0.25, -0.2) is 0 Å². The van der Waals surface area contributed by atoms with Gasteiger partial charge >= 0.3 is 0 Å². The van der Waals surface area contributed by atoms with Crippen molar-refractivity contribution in [3.63, 3.8) is 0 Å². The predicted octanol–water partition coefficient (Wildman–Crippen LogP) is 3.10. The number of hydrogen-bond acceptors (Lipinski definition) is 5. The van der Waals surface area contributed by atoms with Gasteiger partial charge in [0.05, 0.1) is 29.2 Å². The minimum Gasteiger partial charge on any atom is -0.394 e. The molecule has 3 amide bonds. The van der Waals surface area contributed by atoms with Gasteiger partial charge in [-0.15, -0.1) is 11.8 Å². The highest BCUT2D eigenvalue weighted by Crippen LogP contribution is 2.61. The third-order valence-corrected chi connectivity index (χ3v) is 10.0. The van der Waals surface area contributed by atoms with E-state index in [0.29, 0.717) is 13.1 Å². The minimum absolute atomic E-state index is 0.0562.